The molecule has 0 unspecified atom stereocenters. The molecule has 2 aromatic heterocycles. The molecule has 0 N–H and O–H groups in total. The molecule has 1 amide bonds. The predicted molar refractivity (Wildman–Crippen MR) is 120 cm³/mol. The SMILES string of the molecule is CCc1cccc(C)c1-n1nnnc1C1(N2CCN(C(=O)c3ccco3)CC2)CCCC1. The number of rotatable bonds is 5. The lowest BCUT2D eigenvalue weighted by molar-refractivity contribution is 0.0215. The van der Waals surface area contributed by atoms with Crippen LogP contribution < -0.4 is 0 Å². The first kappa shape index (κ1) is 20.9. The Labute approximate surface area is 188 Å². The Kier molecular flexibility index (Phi) is 5.55. The zero-order chi connectivity index (χ0) is 22.1. The molecule has 3 aromatic rings. The fourth-order valence-corrected chi connectivity index (χ4v) is 5.47. The van der Waals surface area contributed by atoms with Crippen LogP contribution in [0, 0.1) is 6.92 Å². The molecule has 1 saturated carbocycles. The number of hydrogen-bond acceptors (Lipinski definition) is 6. The molecule has 3 heterocycles. The van der Waals surface area contributed by atoms with Crippen molar-refractivity contribution in [3.8, 4) is 5.69 Å². The molecule has 2 aliphatic rings. The van der Waals surface area contributed by atoms with Gasteiger partial charge in [-0.25, -0.2) is 0 Å². The molecule has 8 nitrogen and oxygen atoms in total. The number of tetrazole rings is 1. The first-order chi connectivity index (χ1) is 15.6. The van der Waals surface area contributed by atoms with Gasteiger partial charge < -0.3 is 9.32 Å². The zero-order valence-corrected chi connectivity index (χ0v) is 18.8. The maximum Gasteiger partial charge on any atom is 0.289 e. The fourth-order valence-electron chi connectivity index (χ4n) is 5.47. The van der Waals surface area contributed by atoms with Gasteiger partial charge in [-0.1, -0.05) is 38.0 Å². The third-order valence-corrected chi connectivity index (χ3v) is 7.13. The first-order valence-corrected chi connectivity index (χ1v) is 11.6. The number of furan rings is 1. The molecule has 1 saturated heterocycles. The van der Waals surface area contributed by atoms with Crippen molar-refractivity contribution in [2.75, 3.05) is 26.2 Å². The number of amides is 1. The van der Waals surface area contributed by atoms with Crippen molar-refractivity contribution in [3.05, 3.63) is 59.3 Å². The molecule has 0 atom stereocenters. The molecule has 0 spiro atoms. The number of para-hydroxylation sites is 1. The largest absolute Gasteiger partial charge is 0.459 e. The molecule has 0 bridgehead atoms. The minimum absolute atomic E-state index is 0.0348. The predicted octanol–water partition coefficient (Wildman–Crippen LogP) is 3.35. The third kappa shape index (κ3) is 3.43. The molecule has 1 aromatic carbocycles. The summed E-state index contributed by atoms with van der Waals surface area (Å²) in [6, 6.07) is 9.87. The van der Waals surface area contributed by atoms with E-state index >= 15 is 0 Å². The van der Waals surface area contributed by atoms with E-state index in [0.29, 0.717) is 18.8 Å². The van der Waals surface area contributed by atoms with Gasteiger partial charge in [-0.15, -0.1) is 5.10 Å². The Morgan fingerprint density at radius 2 is 1.88 bits per heavy atom. The van der Waals surface area contributed by atoms with Gasteiger partial charge in [0.1, 0.15) is 0 Å². The summed E-state index contributed by atoms with van der Waals surface area (Å²) in [5.41, 5.74) is 3.34. The average Bonchev–Trinajstić information content (AvgIpc) is 3.60. The van der Waals surface area contributed by atoms with Gasteiger partial charge >= 0.3 is 0 Å². The lowest BCUT2D eigenvalue weighted by atomic mass is 9.92. The summed E-state index contributed by atoms with van der Waals surface area (Å²) in [5.74, 6) is 1.31. The standard InChI is InChI=1S/C24H30N6O2/c1-3-19-9-6-8-18(2)21(19)30-23(25-26-27-30)24(11-4-5-12-24)29-15-13-28(14-16-29)22(31)20-10-7-17-32-20/h6-10,17H,3-5,11-16H2,1-2H3. The number of nitrogens with zero attached hydrogens (tertiary/aromatic N) is 6. The summed E-state index contributed by atoms with van der Waals surface area (Å²) >= 11 is 0. The van der Waals surface area contributed by atoms with E-state index in [9.17, 15) is 4.79 Å². The highest BCUT2D eigenvalue weighted by Crippen LogP contribution is 2.44. The van der Waals surface area contributed by atoms with Crippen LogP contribution in [0.2, 0.25) is 0 Å². The molecule has 1 aliphatic heterocycles. The number of aryl methyl sites for hydroxylation is 2. The van der Waals surface area contributed by atoms with E-state index in [0.717, 1.165) is 56.7 Å². The van der Waals surface area contributed by atoms with Gasteiger partial charge in [-0.2, -0.15) is 4.68 Å². The third-order valence-electron chi connectivity index (χ3n) is 7.13. The number of carbonyl (C=O) groups is 1. The van der Waals surface area contributed by atoms with Crippen LogP contribution in [0.15, 0.2) is 41.0 Å². The Hall–Kier alpha value is -3.00. The van der Waals surface area contributed by atoms with Gasteiger partial charge in [0, 0.05) is 26.2 Å². The number of benzene rings is 1. The van der Waals surface area contributed by atoms with E-state index in [2.05, 4.69) is 52.5 Å². The van der Waals surface area contributed by atoms with E-state index in [4.69, 9.17) is 4.42 Å². The molecule has 2 fully saturated rings. The van der Waals surface area contributed by atoms with Crippen molar-refractivity contribution in [3.63, 3.8) is 0 Å². The van der Waals surface area contributed by atoms with Crippen LogP contribution in [0.5, 0.6) is 0 Å². The van der Waals surface area contributed by atoms with E-state index < -0.39 is 0 Å². The highest BCUT2D eigenvalue weighted by atomic mass is 16.3. The van der Waals surface area contributed by atoms with Crippen molar-refractivity contribution in [1.29, 1.82) is 0 Å². The minimum atomic E-state index is -0.198. The monoisotopic (exact) mass is 434 g/mol. The molecule has 5 rings (SSSR count). The number of aromatic nitrogens is 4. The quantitative estimate of drug-likeness (QED) is 0.613. The summed E-state index contributed by atoms with van der Waals surface area (Å²) in [7, 11) is 0. The van der Waals surface area contributed by atoms with Crippen LogP contribution in [0.1, 0.15) is 60.1 Å². The van der Waals surface area contributed by atoms with Gasteiger partial charge in [0.25, 0.3) is 5.91 Å². The smallest absolute Gasteiger partial charge is 0.289 e. The molecule has 32 heavy (non-hydrogen) atoms. The zero-order valence-electron chi connectivity index (χ0n) is 18.8. The van der Waals surface area contributed by atoms with Gasteiger partial charge in [-0.05, 0) is 59.9 Å². The van der Waals surface area contributed by atoms with Crippen LogP contribution in [-0.2, 0) is 12.0 Å². The molecular formula is C24H30N6O2. The number of piperazine rings is 1. The minimum Gasteiger partial charge on any atom is -0.459 e. The van der Waals surface area contributed by atoms with Crippen molar-refractivity contribution >= 4 is 5.91 Å². The lowest BCUT2D eigenvalue weighted by Gasteiger charge is -2.45. The van der Waals surface area contributed by atoms with Crippen molar-refractivity contribution in [1.82, 2.24) is 30.0 Å². The summed E-state index contributed by atoms with van der Waals surface area (Å²) in [6.45, 7) is 7.24. The Balaban J connectivity index is 1.45. The number of carbonyl (C=O) groups excluding carboxylic acids is 1. The van der Waals surface area contributed by atoms with Crippen LogP contribution >= 0.6 is 0 Å². The van der Waals surface area contributed by atoms with E-state index in [1.807, 2.05) is 9.58 Å². The average molecular weight is 435 g/mol. The van der Waals surface area contributed by atoms with Crippen LogP contribution in [0.25, 0.3) is 5.69 Å². The van der Waals surface area contributed by atoms with Crippen molar-refractivity contribution in [2.24, 2.45) is 0 Å². The normalized spacial score (nSPS) is 18.9. The highest BCUT2D eigenvalue weighted by molar-refractivity contribution is 5.91. The molecular weight excluding hydrogens is 404 g/mol. The summed E-state index contributed by atoms with van der Waals surface area (Å²) in [4.78, 5) is 17.1. The van der Waals surface area contributed by atoms with Gasteiger partial charge in [0.15, 0.2) is 11.6 Å². The van der Waals surface area contributed by atoms with Crippen LogP contribution in [-0.4, -0.2) is 62.1 Å². The Morgan fingerprint density at radius 3 is 2.56 bits per heavy atom. The van der Waals surface area contributed by atoms with E-state index in [1.54, 1.807) is 18.4 Å². The van der Waals surface area contributed by atoms with Gasteiger partial charge in [0.05, 0.1) is 17.5 Å². The van der Waals surface area contributed by atoms with E-state index in [-0.39, 0.29) is 11.4 Å². The van der Waals surface area contributed by atoms with E-state index in [1.165, 1.54) is 11.1 Å². The van der Waals surface area contributed by atoms with Crippen LogP contribution in [0.3, 0.4) is 0 Å². The van der Waals surface area contributed by atoms with Gasteiger partial charge in [-0.3, -0.25) is 9.69 Å². The highest BCUT2D eigenvalue weighted by Gasteiger charge is 2.47. The number of hydrogen-bond donors (Lipinski definition) is 0. The Morgan fingerprint density at radius 1 is 1.09 bits per heavy atom. The maximum absolute atomic E-state index is 12.7. The first-order valence-electron chi connectivity index (χ1n) is 11.6. The lowest BCUT2D eigenvalue weighted by Crippen LogP contribution is -2.56. The second-order valence-electron chi connectivity index (χ2n) is 8.85. The molecule has 1 aliphatic carbocycles. The summed E-state index contributed by atoms with van der Waals surface area (Å²) in [5, 5.41) is 13.2. The second-order valence-corrected chi connectivity index (χ2v) is 8.85. The summed E-state index contributed by atoms with van der Waals surface area (Å²) < 4.78 is 7.30. The Bertz CT molecular complexity index is 1080. The summed E-state index contributed by atoms with van der Waals surface area (Å²) in [6.07, 6.45) is 6.86. The molecule has 0 radical (unpaired) electrons. The van der Waals surface area contributed by atoms with Crippen LogP contribution in [0.4, 0.5) is 0 Å². The topological polar surface area (TPSA) is 80.3 Å². The second kappa shape index (κ2) is 8.50. The van der Waals surface area contributed by atoms with Crippen molar-refractivity contribution in [2.45, 2.75) is 51.5 Å². The van der Waals surface area contributed by atoms with Gasteiger partial charge in [0.2, 0.25) is 0 Å². The fraction of sp³-hybridized carbons (Fsp3) is 0.500. The maximum atomic E-state index is 12.7. The molecule has 8 heteroatoms. The van der Waals surface area contributed by atoms with Crippen molar-refractivity contribution < 1.29 is 9.21 Å². The molecule has 168 valence electrons.